The Morgan fingerprint density at radius 1 is 1.23 bits per heavy atom. The van der Waals surface area contributed by atoms with Gasteiger partial charge in [-0.2, -0.15) is 5.10 Å². The Kier molecular flexibility index (Phi) is 8.35. The molecule has 1 N–H and O–H groups in total. The van der Waals surface area contributed by atoms with Gasteiger partial charge in [-0.25, -0.2) is 9.80 Å². The second kappa shape index (κ2) is 10.5. The van der Waals surface area contributed by atoms with Crippen molar-refractivity contribution in [3.8, 4) is 0 Å². The molecule has 2 bridgehead atoms. The van der Waals surface area contributed by atoms with Crippen LogP contribution in [-0.2, 0) is 14.3 Å². The molecule has 2 fully saturated rings. The molecule has 0 unspecified atom stereocenters. The molecule has 0 aliphatic carbocycles. The highest BCUT2D eigenvalue weighted by Gasteiger charge is 2.47. The fraction of sp³-hybridized carbons (Fsp3) is 0.842. The van der Waals surface area contributed by atoms with Crippen molar-refractivity contribution in [1.29, 1.82) is 0 Å². The molecule has 2 aliphatic heterocycles. The van der Waals surface area contributed by atoms with Crippen molar-refractivity contribution in [3.05, 3.63) is 0 Å². The standard InChI is InChI=1S/C19H32N2O5/c1-3-12-25-19(24)21(2)20-13-15-14(16-10-11-17(15)26-16)8-6-4-5-7-9-18(22)23/h13-17H,3-12H2,1-2H3,(H,22,23)/t14-,15-,16+,17-/m1/s1. The Morgan fingerprint density at radius 3 is 2.69 bits per heavy atom. The van der Waals surface area contributed by atoms with Crippen LogP contribution in [0.1, 0.15) is 64.7 Å². The predicted octanol–water partition coefficient (Wildman–Crippen LogP) is 3.67. The SMILES string of the molecule is CCCOC(=O)N(C)N=C[C@@H]1[C@@H](CCCCCCC(=O)O)[C@@H]2CC[C@H]1O2. The number of carbonyl (C=O) groups is 2. The zero-order chi connectivity index (χ0) is 18.9. The van der Waals surface area contributed by atoms with Crippen LogP contribution in [0, 0.1) is 11.8 Å². The molecule has 0 aromatic carbocycles. The Labute approximate surface area is 155 Å². The van der Waals surface area contributed by atoms with E-state index in [0.717, 1.165) is 51.4 Å². The van der Waals surface area contributed by atoms with E-state index in [1.807, 2.05) is 13.1 Å². The van der Waals surface area contributed by atoms with Crippen LogP contribution in [-0.4, -0.2) is 54.3 Å². The number of aliphatic carboxylic acids is 1. The molecular formula is C19H32N2O5. The minimum atomic E-state index is -0.718. The molecule has 0 radical (unpaired) electrons. The van der Waals surface area contributed by atoms with Gasteiger partial charge in [-0.1, -0.05) is 26.2 Å². The highest BCUT2D eigenvalue weighted by atomic mass is 16.6. The number of nitrogens with zero attached hydrogens (tertiary/aromatic N) is 2. The van der Waals surface area contributed by atoms with E-state index in [4.69, 9.17) is 14.6 Å². The molecule has 2 aliphatic rings. The second-order valence-corrected chi connectivity index (χ2v) is 7.28. The number of carboxylic acids is 1. The van der Waals surface area contributed by atoms with E-state index >= 15 is 0 Å². The van der Waals surface area contributed by atoms with Crippen LogP contribution in [0.3, 0.4) is 0 Å². The molecule has 7 nitrogen and oxygen atoms in total. The molecule has 0 saturated carbocycles. The van der Waals surface area contributed by atoms with Crippen LogP contribution >= 0.6 is 0 Å². The number of carboxylic acid groups (broad SMARTS) is 1. The lowest BCUT2D eigenvalue weighted by molar-refractivity contribution is -0.137. The largest absolute Gasteiger partial charge is 0.481 e. The van der Waals surface area contributed by atoms with Crippen LogP contribution in [0.2, 0.25) is 0 Å². The van der Waals surface area contributed by atoms with Gasteiger partial charge in [-0.05, 0) is 38.0 Å². The monoisotopic (exact) mass is 368 g/mol. The van der Waals surface area contributed by atoms with Gasteiger partial charge in [0.05, 0.1) is 18.8 Å². The van der Waals surface area contributed by atoms with Gasteiger partial charge in [0.1, 0.15) is 0 Å². The third-order valence-electron chi connectivity index (χ3n) is 5.27. The van der Waals surface area contributed by atoms with Crippen molar-refractivity contribution in [3.63, 3.8) is 0 Å². The third-order valence-corrected chi connectivity index (χ3v) is 5.27. The summed E-state index contributed by atoms with van der Waals surface area (Å²) in [7, 11) is 1.61. The summed E-state index contributed by atoms with van der Waals surface area (Å²) in [6.45, 7) is 2.36. The zero-order valence-electron chi connectivity index (χ0n) is 15.9. The Hall–Kier alpha value is -1.63. The first-order valence-corrected chi connectivity index (χ1v) is 9.84. The van der Waals surface area contributed by atoms with Gasteiger partial charge >= 0.3 is 12.1 Å². The van der Waals surface area contributed by atoms with Gasteiger partial charge in [-0.3, -0.25) is 4.79 Å². The van der Waals surface area contributed by atoms with Crippen LogP contribution < -0.4 is 0 Å². The molecule has 26 heavy (non-hydrogen) atoms. The van der Waals surface area contributed by atoms with Crippen molar-refractivity contribution in [2.75, 3.05) is 13.7 Å². The van der Waals surface area contributed by atoms with Crippen molar-refractivity contribution in [1.82, 2.24) is 5.01 Å². The third kappa shape index (κ3) is 5.97. The van der Waals surface area contributed by atoms with Gasteiger partial charge in [0.25, 0.3) is 0 Å². The number of hydrogen-bond donors (Lipinski definition) is 1. The zero-order valence-corrected chi connectivity index (χ0v) is 15.9. The summed E-state index contributed by atoms with van der Waals surface area (Å²) in [4.78, 5) is 22.3. The molecule has 148 valence electrons. The minimum Gasteiger partial charge on any atom is -0.481 e. The first-order valence-electron chi connectivity index (χ1n) is 9.84. The van der Waals surface area contributed by atoms with Crippen LogP contribution in [0.5, 0.6) is 0 Å². The molecular weight excluding hydrogens is 336 g/mol. The summed E-state index contributed by atoms with van der Waals surface area (Å²) in [5, 5.41) is 14.2. The van der Waals surface area contributed by atoms with Gasteiger partial charge in [0.2, 0.25) is 0 Å². The van der Waals surface area contributed by atoms with E-state index < -0.39 is 12.1 Å². The lowest BCUT2D eigenvalue weighted by atomic mass is 9.77. The Balaban J connectivity index is 1.77. The number of carbonyl (C=O) groups excluding carboxylic acids is 1. The normalized spacial score (nSPS) is 27.2. The average Bonchev–Trinajstić information content (AvgIpc) is 3.21. The van der Waals surface area contributed by atoms with Crippen LogP contribution in [0.25, 0.3) is 0 Å². The van der Waals surface area contributed by atoms with Gasteiger partial charge in [0, 0.05) is 25.6 Å². The predicted molar refractivity (Wildman–Crippen MR) is 98.1 cm³/mol. The van der Waals surface area contributed by atoms with Crippen molar-refractivity contribution >= 4 is 18.3 Å². The maximum absolute atomic E-state index is 11.8. The smallest absolute Gasteiger partial charge is 0.430 e. The van der Waals surface area contributed by atoms with Crippen LogP contribution in [0.15, 0.2) is 5.10 Å². The van der Waals surface area contributed by atoms with Crippen molar-refractivity contribution in [2.24, 2.45) is 16.9 Å². The maximum Gasteiger partial charge on any atom is 0.430 e. The molecule has 7 heteroatoms. The molecule has 4 atom stereocenters. The Morgan fingerprint density at radius 2 is 1.96 bits per heavy atom. The fourth-order valence-corrected chi connectivity index (χ4v) is 3.91. The van der Waals surface area contributed by atoms with Gasteiger partial charge in [0.15, 0.2) is 0 Å². The minimum absolute atomic E-state index is 0.209. The highest BCUT2D eigenvalue weighted by molar-refractivity contribution is 5.70. The lowest BCUT2D eigenvalue weighted by Crippen LogP contribution is -2.30. The maximum atomic E-state index is 11.8. The number of unbranched alkanes of at least 4 members (excludes halogenated alkanes) is 3. The summed E-state index contributed by atoms with van der Waals surface area (Å²) in [6, 6.07) is 0. The van der Waals surface area contributed by atoms with E-state index in [-0.39, 0.29) is 18.4 Å². The number of hydrazone groups is 1. The first-order chi connectivity index (χ1) is 12.5. The molecule has 1 amide bonds. The summed E-state index contributed by atoms with van der Waals surface area (Å²) < 4.78 is 11.1. The van der Waals surface area contributed by atoms with E-state index in [1.165, 1.54) is 5.01 Å². The second-order valence-electron chi connectivity index (χ2n) is 7.28. The number of amides is 1. The Bertz CT molecular complexity index is 496. The number of fused-ring (bicyclic) bond motifs is 2. The van der Waals surface area contributed by atoms with Gasteiger partial charge in [-0.15, -0.1) is 0 Å². The number of ether oxygens (including phenoxy) is 2. The fourth-order valence-electron chi connectivity index (χ4n) is 3.91. The summed E-state index contributed by atoms with van der Waals surface area (Å²) in [5.74, 6) is -0.0319. The van der Waals surface area contributed by atoms with Crippen molar-refractivity contribution in [2.45, 2.75) is 76.9 Å². The lowest BCUT2D eigenvalue weighted by Gasteiger charge is -2.25. The topological polar surface area (TPSA) is 88.4 Å². The van der Waals surface area contributed by atoms with E-state index in [9.17, 15) is 9.59 Å². The average molecular weight is 368 g/mol. The molecule has 2 heterocycles. The number of rotatable bonds is 11. The molecule has 2 saturated heterocycles. The summed E-state index contributed by atoms with van der Waals surface area (Å²) in [5.41, 5.74) is 0. The summed E-state index contributed by atoms with van der Waals surface area (Å²) in [6.07, 6.45) is 10.1. The first kappa shape index (κ1) is 20.7. The van der Waals surface area contributed by atoms with Gasteiger partial charge < -0.3 is 14.6 Å². The highest BCUT2D eigenvalue weighted by Crippen LogP contribution is 2.44. The number of hydrogen-bond acceptors (Lipinski definition) is 5. The van der Waals surface area contributed by atoms with E-state index in [2.05, 4.69) is 5.10 Å². The summed E-state index contributed by atoms with van der Waals surface area (Å²) >= 11 is 0. The van der Waals surface area contributed by atoms with Crippen LogP contribution in [0.4, 0.5) is 4.79 Å². The quantitative estimate of drug-likeness (QED) is 0.341. The molecule has 0 aromatic rings. The van der Waals surface area contributed by atoms with Crippen molar-refractivity contribution < 1.29 is 24.2 Å². The van der Waals surface area contributed by atoms with E-state index in [0.29, 0.717) is 18.6 Å². The van der Waals surface area contributed by atoms with E-state index in [1.54, 1.807) is 7.05 Å². The molecule has 0 spiro atoms. The molecule has 0 aromatic heterocycles. The molecule has 2 rings (SSSR count).